The van der Waals surface area contributed by atoms with E-state index in [2.05, 4.69) is 9.71 Å². The summed E-state index contributed by atoms with van der Waals surface area (Å²) in [6.07, 6.45) is 0. The van der Waals surface area contributed by atoms with Crippen LogP contribution in [0.1, 0.15) is 16.7 Å². The van der Waals surface area contributed by atoms with Crippen LogP contribution in [-0.4, -0.2) is 13.4 Å². The summed E-state index contributed by atoms with van der Waals surface area (Å²) in [5.74, 6) is -0.619. The summed E-state index contributed by atoms with van der Waals surface area (Å²) >= 11 is 0. The zero-order valence-corrected chi connectivity index (χ0v) is 14.4. The molecule has 0 aliphatic heterocycles. The Balaban J connectivity index is 1.73. The van der Waals surface area contributed by atoms with Crippen molar-refractivity contribution in [3.63, 3.8) is 0 Å². The van der Waals surface area contributed by atoms with Crippen molar-refractivity contribution in [2.45, 2.75) is 19.2 Å². The molecule has 130 valence electrons. The normalized spacial score (nSPS) is 11.8. The second kappa shape index (κ2) is 6.78. The van der Waals surface area contributed by atoms with Crippen LogP contribution in [0.4, 0.5) is 4.39 Å². The van der Waals surface area contributed by atoms with Crippen molar-refractivity contribution >= 4 is 20.9 Å². The van der Waals surface area contributed by atoms with Gasteiger partial charge in [0.25, 0.3) is 5.56 Å². The molecule has 0 bridgehead atoms. The van der Waals surface area contributed by atoms with E-state index < -0.39 is 15.8 Å². The molecule has 0 aliphatic rings. The number of aryl methyl sites for hydroxylation is 1. The highest BCUT2D eigenvalue weighted by Gasteiger charge is 2.12. The number of benzene rings is 2. The van der Waals surface area contributed by atoms with Crippen molar-refractivity contribution in [1.29, 1.82) is 0 Å². The summed E-state index contributed by atoms with van der Waals surface area (Å²) in [4.78, 5) is 14.4. The second-order valence-corrected chi connectivity index (χ2v) is 7.72. The third-order valence-electron chi connectivity index (χ3n) is 3.86. The minimum absolute atomic E-state index is 0.137. The lowest BCUT2D eigenvalue weighted by atomic mass is 10.1. The molecule has 0 spiro atoms. The first-order valence-corrected chi connectivity index (χ1v) is 9.32. The Morgan fingerprint density at radius 2 is 1.72 bits per heavy atom. The minimum Gasteiger partial charge on any atom is -0.322 e. The molecule has 3 rings (SSSR count). The number of halogens is 1. The minimum atomic E-state index is -3.54. The molecule has 0 fully saturated rings. The first-order valence-electron chi connectivity index (χ1n) is 7.67. The Kier molecular flexibility index (Phi) is 4.69. The van der Waals surface area contributed by atoms with Crippen molar-refractivity contribution in [3.8, 4) is 0 Å². The van der Waals surface area contributed by atoms with Crippen LogP contribution >= 0.6 is 0 Å². The number of hydrogen-bond donors (Lipinski definition) is 2. The van der Waals surface area contributed by atoms with Crippen LogP contribution in [-0.2, 0) is 22.3 Å². The van der Waals surface area contributed by atoms with Gasteiger partial charge in [-0.15, -0.1) is 0 Å². The fraction of sp³-hybridized carbons (Fsp3) is 0.167. The monoisotopic (exact) mass is 360 g/mol. The summed E-state index contributed by atoms with van der Waals surface area (Å²) in [6.45, 7) is 1.86. The summed E-state index contributed by atoms with van der Waals surface area (Å²) in [6, 6.07) is 12.5. The maximum Gasteiger partial charge on any atom is 0.251 e. The van der Waals surface area contributed by atoms with Crippen molar-refractivity contribution in [3.05, 3.63) is 81.4 Å². The van der Waals surface area contributed by atoms with Crippen molar-refractivity contribution in [2.24, 2.45) is 0 Å². The highest BCUT2D eigenvalue weighted by molar-refractivity contribution is 7.88. The van der Waals surface area contributed by atoms with Gasteiger partial charge in [0.05, 0.1) is 5.75 Å². The van der Waals surface area contributed by atoms with Crippen LogP contribution in [0.15, 0.2) is 53.3 Å². The summed E-state index contributed by atoms with van der Waals surface area (Å²) in [7, 11) is -3.54. The standard InChI is InChI=1S/C18H17FN2O3S/c1-12-8-15-9-14(4-7-17(15)21-18(12)22)10-20-25(23,24)11-13-2-5-16(19)6-3-13/h2-9,20H,10-11H2,1H3,(H,21,22). The van der Waals surface area contributed by atoms with E-state index >= 15 is 0 Å². The van der Waals surface area contributed by atoms with Gasteiger partial charge in [0, 0.05) is 17.6 Å². The first kappa shape index (κ1) is 17.3. The van der Waals surface area contributed by atoms with Gasteiger partial charge in [-0.1, -0.05) is 18.2 Å². The highest BCUT2D eigenvalue weighted by atomic mass is 32.2. The van der Waals surface area contributed by atoms with Crippen LogP contribution in [0.25, 0.3) is 10.9 Å². The van der Waals surface area contributed by atoms with E-state index in [4.69, 9.17) is 0 Å². The highest BCUT2D eigenvalue weighted by Crippen LogP contribution is 2.14. The quantitative estimate of drug-likeness (QED) is 0.734. The van der Waals surface area contributed by atoms with Crippen LogP contribution in [0.2, 0.25) is 0 Å². The van der Waals surface area contributed by atoms with Gasteiger partial charge in [0.2, 0.25) is 10.0 Å². The van der Waals surface area contributed by atoms with Crippen LogP contribution in [0.3, 0.4) is 0 Å². The number of aromatic nitrogens is 1. The van der Waals surface area contributed by atoms with Gasteiger partial charge in [0.1, 0.15) is 5.82 Å². The fourth-order valence-corrected chi connectivity index (χ4v) is 3.64. The molecule has 1 aromatic heterocycles. The maximum atomic E-state index is 12.9. The molecule has 2 N–H and O–H groups in total. The number of rotatable bonds is 5. The Bertz CT molecular complexity index is 1070. The van der Waals surface area contributed by atoms with E-state index in [1.54, 1.807) is 25.1 Å². The molecule has 5 nitrogen and oxygen atoms in total. The molecule has 0 radical (unpaired) electrons. The smallest absolute Gasteiger partial charge is 0.251 e. The Morgan fingerprint density at radius 3 is 2.44 bits per heavy atom. The SMILES string of the molecule is Cc1cc2cc(CNS(=O)(=O)Cc3ccc(F)cc3)ccc2[nH]c1=O. The molecular weight excluding hydrogens is 343 g/mol. The van der Waals surface area contributed by atoms with Gasteiger partial charge in [-0.2, -0.15) is 0 Å². The van der Waals surface area contributed by atoms with Gasteiger partial charge in [-0.25, -0.2) is 17.5 Å². The lowest BCUT2D eigenvalue weighted by Gasteiger charge is -2.08. The lowest BCUT2D eigenvalue weighted by Crippen LogP contribution is -2.24. The van der Waals surface area contributed by atoms with Crippen molar-refractivity contribution in [1.82, 2.24) is 9.71 Å². The number of sulfonamides is 1. The molecule has 0 atom stereocenters. The Labute approximate surface area is 144 Å². The molecule has 7 heteroatoms. The molecule has 1 heterocycles. The van der Waals surface area contributed by atoms with Crippen LogP contribution in [0.5, 0.6) is 0 Å². The van der Waals surface area contributed by atoms with Crippen molar-refractivity contribution in [2.75, 3.05) is 0 Å². The second-order valence-electron chi connectivity index (χ2n) is 5.91. The average molecular weight is 360 g/mol. The van der Waals surface area contributed by atoms with Crippen LogP contribution < -0.4 is 10.3 Å². The molecule has 0 amide bonds. The van der Waals surface area contributed by atoms with Crippen LogP contribution in [0, 0.1) is 12.7 Å². The summed E-state index contributed by atoms with van der Waals surface area (Å²) in [5, 5.41) is 0.840. The van der Waals surface area contributed by atoms with E-state index in [-0.39, 0.29) is 17.9 Å². The summed E-state index contributed by atoms with van der Waals surface area (Å²) < 4.78 is 39.8. The molecule has 25 heavy (non-hydrogen) atoms. The molecule has 0 unspecified atom stereocenters. The topological polar surface area (TPSA) is 79.0 Å². The van der Waals surface area contributed by atoms with E-state index in [0.717, 1.165) is 10.9 Å². The largest absolute Gasteiger partial charge is 0.322 e. The van der Waals surface area contributed by atoms with Gasteiger partial charge in [-0.05, 0) is 53.8 Å². The Hall–Kier alpha value is -2.51. The average Bonchev–Trinajstić information content (AvgIpc) is 2.56. The first-order chi connectivity index (χ1) is 11.8. The van der Waals surface area contributed by atoms with E-state index in [1.165, 1.54) is 24.3 Å². The van der Waals surface area contributed by atoms with Crippen molar-refractivity contribution < 1.29 is 12.8 Å². The predicted octanol–water partition coefficient (Wildman–Crippen LogP) is 2.60. The van der Waals surface area contributed by atoms with E-state index in [0.29, 0.717) is 16.6 Å². The van der Waals surface area contributed by atoms with Gasteiger partial charge < -0.3 is 4.98 Å². The number of nitrogens with one attached hydrogen (secondary N) is 2. The molecule has 2 aromatic carbocycles. The van der Waals surface area contributed by atoms with Gasteiger partial charge in [-0.3, -0.25) is 4.79 Å². The number of aromatic amines is 1. The third kappa shape index (κ3) is 4.32. The van der Waals surface area contributed by atoms with Gasteiger partial charge >= 0.3 is 0 Å². The third-order valence-corrected chi connectivity index (χ3v) is 5.16. The molecule has 3 aromatic rings. The number of fused-ring (bicyclic) bond motifs is 1. The number of H-pyrrole nitrogens is 1. The van der Waals surface area contributed by atoms with Gasteiger partial charge in [0.15, 0.2) is 0 Å². The molecule has 0 saturated carbocycles. The van der Waals surface area contributed by atoms with E-state index in [9.17, 15) is 17.6 Å². The Morgan fingerprint density at radius 1 is 1.04 bits per heavy atom. The zero-order valence-electron chi connectivity index (χ0n) is 13.5. The zero-order chi connectivity index (χ0) is 18.0. The summed E-state index contributed by atoms with van der Waals surface area (Å²) in [5.41, 5.74) is 2.46. The van der Waals surface area contributed by atoms with E-state index in [1.807, 2.05) is 6.07 Å². The molecule has 0 aliphatic carbocycles. The molecular formula is C18H17FN2O3S. The fourth-order valence-electron chi connectivity index (χ4n) is 2.52. The lowest BCUT2D eigenvalue weighted by molar-refractivity contribution is 0.580. The number of hydrogen-bond acceptors (Lipinski definition) is 3. The maximum absolute atomic E-state index is 12.9. The number of pyridine rings is 1. The molecule has 0 saturated heterocycles. The predicted molar refractivity (Wildman–Crippen MR) is 95.2 cm³/mol.